The van der Waals surface area contributed by atoms with Gasteiger partial charge in [-0.25, -0.2) is 0 Å². The van der Waals surface area contributed by atoms with Crippen molar-refractivity contribution in [2.75, 3.05) is 13.1 Å². The van der Waals surface area contributed by atoms with Gasteiger partial charge in [-0.2, -0.15) is 13.2 Å². The largest absolute Gasteiger partial charge is 0.417 e. The van der Waals surface area contributed by atoms with Crippen molar-refractivity contribution in [3.8, 4) is 0 Å². The molecule has 0 bridgehead atoms. The SMILES string of the molecule is CCC1NCCN2C(=O)c3c(cccc3C(F)(F)F)[C@H]12. The van der Waals surface area contributed by atoms with Gasteiger partial charge >= 0.3 is 6.18 Å². The molecule has 3 rings (SSSR count). The van der Waals surface area contributed by atoms with Crippen molar-refractivity contribution >= 4 is 5.91 Å². The van der Waals surface area contributed by atoms with Crippen molar-refractivity contribution in [3.63, 3.8) is 0 Å². The van der Waals surface area contributed by atoms with Crippen LogP contribution in [-0.2, 0) is 6.18 Å². The average Bonchev–Trinajstić information content (AvgIpc) is 2.72. The van der Waals surface area contributed by atoms with E-state index in [-0.39, 0.29) is 17.6 Å². The van der Waals surface area contributed by atoms with E-state index in [1.807, 2.05) is 6.92 Å². The van der Waals surface area contributed by atoms with Crippen LogP contribution in [0, 0.1) is 0 Å². The summed E-state index contributed by atoms with van der Waals surface area (Å²) in [5, 5.41) is 3.28. The molecule has 1 saturated heterocycles. The van der Waals surface area contributed by atoms with Gasteiger partial charge in [-0.15, -0.1) is 0 Å². The number of alkyl halides is 3. The second-order valence-corrected chi connectivity index (χ2v) is 5.18. The third-order valence-electron chi connectivity index (χ3n) is 4.11. The predicted octanol–water partition coefficient (Wildman–Crippen LogP) is 2.58. The van der Waals surface area contributed by atoms with Crippen LogP contribution in [0.3, 0.4) is 0 Å². The van der Waals surface area contributed by atoms with E-state index in [2.05, 4.69) is 5.32 Å². The summed E-state index contributed by atoms with van der Waals surface area (Å²) in [6.07, 6.45) is -3.73. The molecule has 1 N–H and O–H groups in total. The van der Waals surface area contributed by atoms with E-state index in [9.17, 15) is 18.0 Å². The summed E-state index contributed by atoms with van der Waals surface area (Å²) in [7, 11) is 0. The molecule has 1 aromatic rings. The van der Waals surface area contributed by atoms with E-state index in [4.69, 9.17) is 0 Å². The van der Waals surface area contributed by atoms with Gasteiger partial charge in [0, 0.05) is 19.1 Å². The first-order valence-electron chi connectivity index (χ1n) is 6.69. The first-order chi connectivity index (χ1) is 9.45. The van der Waals surface area contributed by atoms with Gasteiger partial charge < -0.3 is 10.2 Å². The Balaban J connectivity index is 2.16. The number of nitrogens with one attached hydrogen (secondary N) is 1. The maximum absolute atomic E-state index is 13.1. The molecular formula is C14H15F3N2O. The van der Waals surface area contributed by atoms with E-state index >= 15 is 0 Å². The van der Waals surface area contributed by atoms with Crippen LogP contribution in [0.25, 0.3) is 0 Å². The zero-order valence-corrected chi connectivity index (χ0v) is 11.0. The van der Waals surface area contributed by atoms with Crippen LogP contribution in [0.4, 0.5) is 13.2 Å². The van der Waals surface area contributed by atoms with Crippen molar-refractivity contribution in [2.24, 2.45) is 0 Å². The van der Waals surface area contributed by atoms with Crippen molar-refractivity contribution in [1.82, 2.24) is 10.2 Å². The van der Waals surface area contributed by atoms with Crippen LogP contribution in [0.2, 0.25) is 0 Å². The van der Waals surface area contributed by atoms with Crippen molar-refractivity contribution in [1.29, 1.82) is 0 Å². The first kappa shape index (κ1) is 13.4. The highest BCUT2D eigenvalue weighted by Gasteiger charge is 2.47. The van der Waals surface area contributed by atoms with Gasteiger partial charge in [-0.1, -0.05) is 19.1 Å². The maximum Gasteiger partial charge on any atom is 0.417 e. The van der Waals surface area contributed by atoms with Crippen molar-refractivity contribution in [3.05, 3.63) is 34.9 Å². The molecule has 2 heterocycles. The highest BCUT2D eigenvalue weighted by Crippen LogP contribution is 2.43. The molecule has 2 atom stereocenters. The van der Waals surface area contributed by atoms with E-state index in [0.717, 1.165) is 12.5 Å². The lowest BCUT2D eigenvalue weighted by molar-refractivity contribution is -0.137. The Kier molecular flexibility index (Phi) is 3.01. The fraction of sp³-hybridized carbons (Fsp3) is 0.500. The second kappa shape index (κ2) is 4.48. The number of rotatable bonds is 1. The minimum atomic E-state index is -4.50. The summed E-state index contributed by atoms with van der Waals surface area (Å²) in [6.45, 7) is 3.04. The molecule has 3 nitrogen and oxygen atoms in total. The standard InChI is InChI=1S/C14H15F3N2O/c1-2-10-12-8-4-3-5-9(14(15,16)17)11(8)13(20)19(12)7-6-18-10/h3-5,10,12,18H,2,6-7H2,1H3/t10?,12-/m1/s1. The Labute approximate surface area is 114 Å². The molecule has 1 amide bonds. The van der Waals surface area contributed by atoms with Gasteiger partial charge in [0.2, 0.25) is 0 Å². The number of carbonyl (C=O) groups is 1. The van der Waals surface area contributed by atoms with Gasteiger partial charge in [0.25, 0.3) is 5.91 Å². The van der Waals surface area contributed by atoms with Gasteiger partial charge in [0.05, 0.1) is 17.2 Å². The number of carbonyl (C=O) groups excluding carboxylic acids is 1. The molecule has 1 aromatic carbocycles. The van der Waals surface area contributed by atoms with Crippen LogP contribution in [0.15, 0.2) is 18.2 Å². The summed E-state index contributed by atoms with van der Waals surface area (Å²) in [4.78, 5) is 13.9. The van der Waals surface area contributed by atoms with Crippen molar-refractivity contribution in [2.45, 2.75) is 31.6 Å². The van der Waals surface area contributed by atoms with Crippen LogP contribution in [-0.4, -0.2) is 29.9 Å². The van der Waals surface area contributed by atoms with Gasteiger partial charge in [-0.3, -0.25) is 4.79 Å². The minimum Gasteiger partial charge on any atom is -0.329 e. The third kappa shape index (κ3) is 1.82. The van der Waals surface area contributed by atoms with Gasteiger partial charge in [0.15, 0.2) is 0 Å². The highest BCUT2D eigenvalue weighted by atomic mass is 19.4. The smallest absolute Gasteiger partial charge is 0.329 e. The Hall–Kier alpha value is -1.56. The van der Waals surface area contributed by atoms with Crippen LogP contribution < -0.4 is 5.32 Å². The lowest BCUT2D eigenvalue weighted by Crippen LogP contribution is -2.51. The van der Waals surface area contributed by atoms with Gasteiger partial charge in [-0.05, 0) is 18.1 Å². The van der Waals surface area contributed by atoms with Crippen LogP contribution in [0.1, 0.15) is 40.9 Å². The number of amides is 1. The number of halogens is 3. The van der Waals surface area contributed by atoms with Crippen molar-refractivity contribution < 1.29 is 18.0 Å². The summed E-state index contributed by atoms with van der Waals surface area (Å²) < 4.78 is 39.3. The molecule has 6 heteroatoms. The molecule has 0 aliphatic carbocycles. The lowest BCUT2D eigenvalue weighted by Gasteiger charge is -2.37. The minimum absolute atomic E-state index is 0.0115. The molecule has 0 radical (unpaired) electrons. The predicted molar refractivity (Wildman–Crippen MR) is 67.3 cm³/mol. The average molecular weight is 284 g/mol. The van der Waals surface area contributed by atoms with E-state index in [1.54, 1.807) is 11.0 Å². The number of hydrogen-bond donors (Lipinski definition) is 1. The summed E-state index contributed by atoms with van der Waals surface area (Å²) >= 11 is 0. The molecule has 1 fully saturated rings. The monoisotopic (exact) mass is 284 g/mol. The molecule has 108 valence electrons. The van der Waals surface area contributed by atoms with E-state index < -0.39 is 17.6 Å². The summed E-state index contributed by atoms with van der Waals surface area (Å²) in [5.41, 5.74) is -0.472. The maximum atomic E-state index is 13.1. The summed E-state index contributed by atoms with van der Waals surface area (Å²) in [5.74, 6) is -0.488. The lowest BCUT2D eigenvalue weighted by atomic mass is 9.93. The highest BCUT2D eigenvalue weighted by molar-refractivity contribution is 6.01. The third-order valence-corrected chi connectivity index (χ3v) is 4.11. The number of fused-ring (bicyclic) bond motifs is 3. The Morgan fingerprint density at radius 3 is 2.80 bits per heavy atom. The quantitative estimate of drug-likeness (QED) is 0.859. The molecule has 0 aromatic heterocycles. The number of hydrogen-bond acceptors (Lipinski definition) is 2. The zero-order chi connectivity index (χ0) is 14.5. The Morgan fingerprint density at radius 2 is 2.15 bits per heavy atom. The number of piperazine rings is 1. The van der Waals surface area contributed by atoms with Gasteiger partial charge in [0.1, 0.15) is 0 Å². The molecule has 20 heavy (non-hydrogen) atoms. The van der Waals surface area contributed by atoms with E-state index in [1.165, 1.54) is 6.07 Å². The zero-order valence-electron chi connectivity index (χ0n) is 11.0. The normalized spacial score (nSPS) is 25.6. The molecule has 0 saturated carbocycles. The fourth-order valence-electron chi connectivity index (χ4n) is 3.25. The molecule has 1 unspecified atom stereocenters. The second-order valence-electron chi connectivity index (χ2n) is 5.18. The van der Waals surface area contributed by atoms with Crippen LogP contribution in [0.5, 0.6) is 0 Å². The number of nitrogens with zero attached hydrogens (tertiary/aromatic N) is 1. The first-order valence-corrected chi connectivity index (χ1v) is 6.69. The Morgan fingerprint density at radius 1 is 1.40 bits per heavy atom. The number of benzene rings is 1. The molecule has 0 spiro atoms. The fourth-order valence-corrected chi connectivity index (χ4v) is 3.25. The Bertz CT molecular complexity index is 556. The summed E-state index contributed by atoms with van der Waals surface area (Å²) in [6, 6.07) is 3.75. The van der Waals surface area contributed by atoms with E-state index in [0.29, 0.717) is 18.7 Å². The topological polar surface area (TPSA) is 32.3 Å². The molecular weight excluding hydrogens is 269 g/mol. The molecule has 2 aliphatic heterocycles. The van der Waals surface area contributed by atoms with Crippen LogP contribution >= 0.6 is 0 Å². The molecule has 2 aliphatic rings.